The molecular weight excluding hydrogens is 394 g/mol. The second kappa shape index (κ2) is 9.35. The number of rotatable bonds is 7. The fraction of sp³-hybridized carbons (Fsp3) is 0.360. The monoisotopic (exact) mass is 421 g/mol. The van der Waals surface area contributed by atoms with Crippen LogP contribution in [0.5, 0.6) is 5.75 Å². The number of aryl methyl sites for hydroxylation is 2. The molecule has 0 spiro atoms. The number of carbonyl (C=O) groups excluding carboxylic acids is 1. The van der Waals surface area contributed by atoms with Crippen molar-refractivity contribution < 1.29 is 18.7 Å². The highest BCUT2D eigenvalue weighted by molar-refractivity contribution is 5.86. The molecule has 0 aliphatic carbocycles. The molecule has 2 heterocycles. The van der Waals surface area contributed by atoms with Crippen LogP contribution >= 0.6 is 0 Å². The molecule has 31 heavy (non-hydrogen) atoms. The molecule has 4 rings (SSSR count). The molecule has 0 radical (unpaired) electrons. The average Bonchev–Trinajstić information content (AvgIpc) is 2.77. The van der Waals surface area contributed by atoms with E-state index in [0.717, 1.165) is 35.0 Å². The number of fused-ring (bicyclic) bond motifs is 3. The van der Waals surface area contributed by atoms with Crippen molar-refractivity contribution in [2.75, 3.05) is 13.3 Å². The average molecular weight is 421 g/mol. The van der Waals surface area contributed by atoms with Crippen molar-refractivity contribution in [1.29, 1.82) is 0 Å². The van der Waals surface area contributed by atoms with E-state index >= 15 is 0 Å². The van der Waals surface area contributed by atoms with Crippen molar-refractivity contribution >= 4 is 16.9 Å². The highest BCUT2D eigenvalue weighted by atomic mass is 16.5. The standard InChI is InChI=1S/C25H27NO5/c1-3-11-29-22(27)10-9-19-13-20-17(2)12-23(28)31-25(20)21-15-26(16-30-24(19)21)14-18-7-5-4-6-8-18/h4-8,12-13H,3,9-11,14-16H2,1-2H3. The van der Waals surface area contributed by atoms with Crippen LogP contribution in [0.4, 0.5) is 0 Å². The lowest BCUT2D eigenvalue weighted by molar-refractivity contribution is -0.143. The maximum absolute atomic E-state index is 12.1. The Balaban J connectivity index is 1.67. The summed E-state index contributed by atoms with van der Waals surface area (Å²) in [5, 5.41) is 0.875. The Morgan fingerprint density at radius 2 is 2.00 bits per heavy atom. The van der Waals surface area contributed by atoms with Crippen LogP contribution in [-0.2, 0) is 29.0 Å². The lowest BCUT2D eigenvalue weighted by Crippen LogP contribution is -2.32. The highest BCUT2D eigenvalue weighted by Crippen LogP contribution is 2.37. The quantitative estimate of drug-likeness (QED) is 0.418. The predicted molar refractivity (Wildman–Crippen MR) is 118 cm³/mol. The Morgan fingerprint density at radius 3 is 2.77 bits per heavy atom. The summed E-state index contributed by atoms with van der Waals surface area (Å²) < 4.78 is 17.0. The summed E-state index contributed by atoms with van der Waals surface area (Å²) in [6.07, 6.45) is 1.60. The molecule has 2 aromatic carbocycles. The van der Waals surface area contributed by atoms with Crippen LogP contribution in [-0.4, -0.2) is 24.2 Å². The van der Waals surface area contributed by atoms with Crippen LogP contribution in [0, 0.1) is 6.92 Å². The maximum atomic E-state index is 12.1. The second-order valence-electron chi connectivity index (χ2n) is 7.94. The van der Waals surface area contributed by atoms with Crippen LogP contribution in [0.15, 0.2) is 51.7 Å². The van der Waals surface area contributed by atoms with E-state index in [9.17, 15) is 9.59 Å². The smallest absolute Gasteiger partial charge is 0.336 e. The van der Waals surface area contributed by atoms with Gasteiger partial charge in [-0.05, 0) is 42.5 Å². The van der Waals surface area contributed by atoms with Crippen molar-refractivity contribution in [2.24, 2.45) is 0 Å². The molecule has 6 nitrogen and oxygen atoms in total. The van der Waals surface area contributed by atoms with Crippen molar-refractivity contribution in [1.82, 2.24) is 4.90 Å². The van der Waals surface area contributed by atoms with Crippen LogP contribution in [0.25, 0.3) is 11.0 Å². The van der Waals surface area contributed by atoms with Crippen LogP contribution in [0.2, 0.25) is 0 Å². The number of nitrogens with zero attached hydrogens (tertiary/aromatic N) is 1. The van der Waals surface area contributed by atoms with Crippen molar-refractivity contribution in [2.45, 2.75) is 46.2 Å². The number of hydrogen-bond acceptors (Lipinski definition) is 6. The van der Waals surface area contributed by atoms with Crippen LogP contribution in [0.3, 0.4) is 0 Å². The third-order valence-corrected chi connectivity index (χ3v) is 5.45. The summed E-state index contributed by atoms with van der Waals surface area (Å²) in [6, 6.07) is 13.7. The van der Waals surface area contributed by atoms with E-state index < -0.39 is 0 Å². The van der Waals surface area contributed by atoms with Crippen LogP contribution in [0.1, 0.15) is 42.0 Å². The highest BCUT2D eigenvalue weighted by Gasteiger charge is 2.25. The first-order valence-corrected chi connectivity index (χ1v) is 10.7. The van der Waals surface area contributed by atoms with Gasteiger partial charge in [0.2, 0.25) is 0 Å². The van der Waals surface area contributed by atoms with Gasteiger partial charge in [0.1, 0.15) is 18.1 Å². The summed E-state index contributed by atoms with van der Waals surface area (Å²) in [4.78, 5) is 26.3. The predicted octanol–water partition coefficient (Wildman–Crippen LogP) is 4.34. The Morgan fingerprint density at radius 1 is 1.19 bits per heavy atom. The summed E-state index contributed by atoms with van der Waals surface area (Å²) in [6.45, 7) is 6.06. The lowest BCUT2D eigenvalue weighted by atomic mass is 9.97. The van der Waals surface area contributed by atoms with Gasteiger partial charge in [0.25, 0.3) is 0 Å². The van der Waals surface area contributed by atoms with E-state index in [4.69, 9.17) is 13.9 Å². The molecular formula is C25H27NO5. The SMILES string of the molecule is CCCOC(=O)CCc1cc2c(C)cc(=O)oc2c2c1OCN(Cc1ccccc1)C2. The van der Waals surface area contributed by atoms with E-state index in [1.807, 2.05) is 38.1 Å². The number of hydrogen-bond donors (Lipinski definition) is 0. The van der Waals surface area contributed by atoms with Gasteiger partial charge in [0, 0.05) is 31.0 Å². The summed E-state index contributed by atoms with van der Waals surface area (Å²) in [5.41, 5.74) is 4.03. The van der Waals surface area contributed by atoms with Gasteiger partial charge in [0.05, 0.1) is 12.2 Å². The van der Waals surface area contributed by atoms with Gasteiger partial charge in [-0.25, -0.2) is 4.79 Å². The van der Waals surface area contributed by atoms with Gasteiger partial charge in [0.15, 0.2) is 0 Å². The lowest BCUT2D eigenvalue weighted by Gasteiger charge is -2.31. The fourth-order valence-electron chi connectivity index (χ4n) is 3.96. The largest absolute Gasteiger partial charge is 0.477 e. The minimum atomic E-state index is -0.372. The normalized spacial score (nSPS) is 13.6. The molecule has 1 aliphatic rings. The molecule has 0 saturated heterocycles. The minimum absolute atomic E-state index is 0.214. The second-order valence-corrected chi connectivity index (χ2v) is 7.94. The molecule has 1 aliphatic heterocycles. The van der Waals surface area contributed by atoms with E-state index in [-0.39, 0.29) is 18.0 Å². The van der Waals surface area contributed by atoms with Crippen LogP contribution < -0.4 is 10.4 Å². The molecule has 6 heteroatoms. The van der Waals surface area contributed by atoms with Gasteiger partial charge in [-0.15, -0.1) is 0 Å². The van der Waals surface area contributed by atoms with Crippen molar-refractivity contribution in [3.63, 3.8) is 0 Å². The third kappa shape index (κ3) is 4.80. The Hall–Kier alpha value is -3.12. The number of esters is 1. The van der Waals surface area contributed by atoms with Gasteiger partial charge in [-0.2, -0.15) is 0 Å². The number of ether oxygens (including phenoxy) is 2. The first-order valence-electron chi connectivity index (χ1n) is 10.7. The molecule has 0 fully saturated rings. The first-order chi connectivity index (χ1) is 15.0. The Kier molecular flexibility index (Phi) is 6.37. The van der Waals surface area contributed by atoms with E-state index in [0.29, 0.717) is 37.6 Å². The molecule has 0 atom stereocenters. The van der Waals surface area contributed by atoms with E-state index in [2.05, 4.69) is 17.0 Å². The molecule has 0 saturated carbocycles. The molecule has 3 aromatic rings. The summed E-state index contributed by atoms with van der Waals surface area (Å²) in [5.74, 6) is 0.502. The fourth-order valence-corrected chi connectivity index (χ4v) is 3.96. The number of carbonyl (C=O) groups is 1. The molecule has 162 valence electrons. The van der Waals surface area contributed by atoms with Gasteiger partial charge < -0.3 is 13.9 Å². The molecule has 0 N–H and O–H groups in total. The van der Waals surface area contributed by atoms with E-state index in [1.165, 1.54) is 11.6 Å². The van der Waals surface area contributed by atoms with Crippen molar-refractivity contribution in [3.8, 4) is 5.75 Å². The van der Waals surface area contributed by atoms with Gasteiger partial charge in [-0.1, -0.05) is 37.3 Å². The Labute approximate surface area is 181 Å². The third-order valence-electron chi connectivity index (χ3n) is 5.45. The molecule has 0 unspecified atom stereocenters. The Bertz CT molecular complexity index is 1140. The van der Waals surface area contributed by atoms with Gasteiger partial charge >= 0.3 is 11.6 Å². The summed E-state index contributed by atoms with van der Waals surface area (Å²) in [7, 11) is 0. The zero-order valence-corrected chi connectivity index (χ0v) is 18.0. The molecule has 0 amide bonds. The molecule has 1 aromatic heterocycles. The van der Waals surface area contributed by atoms with E-state index in [1.54, 1.807) is 0 Å². The molecule has 0 bridgehead atoms. The maximum Gasteiger partial charge on any atom is 0.336 e. The first kappa shape index (κ1) is 21.1. The zero-order chi connectivity index (χ0) is 21.8. The number of benzene rings is 2. The topological polar surface area (TPSA) is 69.0 Å². The zero-order valence-electron chi connectivity index (χ0n) is 18.0. The van der Waals surface area contributed by atoms with Crippen molar-refractivity contribution in [3.05, 3.63) is 75.1 Å². The minimum Gasteiger partial charge on any atom is -0.477 e. The van der Waals surface area contributed by atoms with Gasteiger partial charge in [-0.3, -0.25) is 9.69 Å². The summed E-state index contributed by atoms with van der Waals surface area (Å²) >= 11 is 0.